The van der Waals surface area contributed by atoms with Crippen LogP contribution in [-0.2, 0) is 4.79 Å². The van der Waals surface area contributed by atoms with Crippen LogP contribution in [0.25, 0.3) is 10.8 Å². The van der Waals surface area contributed by atoms with Gasteiger partial charge in [-0.2, -0.15) is 0 Å². The maximum atomic E-state index is 12.7. The first-order chi connectivity index (χ1) is 14.2. The molecule has 1 amide bonds. The predicted molar refractivity (Wildman–Crippen MR) is 120 cm³/mol. The van der Waals surface area contributed by atoms with Gasteiger partial charge in [-0.25, -0.2) is 0 Å². The Morgan fingerprint density at radius 1 is 0.828 bits per heavy atom. The molecular weight excluding hydrogens is 378 g/mol. The quantitative estimate of drug-likeness (QED) is 0.408. The Bertz CT molecular complexity index is 1130. The van der Waals surface area contributed by atoms with Crippen molar-refractivity contribution in [1.82, 2.24) is 0 Å². The number of hydrogen-bond donors (Lipinski definition) is 1. The van der Waals surface area contributed by atoms with Gasteiger partial charge >= 0.3 is 0 Å². The number of ether oxygens (including phenoxy) is 1. The van der Waals surface area contributed by atoms with Crippen molar-refractivity contribution in [2.45, 2.75) is 22.8 Å². The molecule has 4 aromatic carbocycles. The van der Waals surface area contributed by atoms with Gasteiger partial charge in [-0.3, -0.25) is 4.79 Å². The number of benzene rings is 4. The highest BCUT2D eigenvalue weighted by Crippen LogP contribution is 2.33. The van der Waals surface area contributed by atoms with E-state index < -0.39 is 6.10 Å². The molecule has 0 radical (unpaired) electrons. The summed E-state index contributed by atoms with van der Waals surface area (Å²) in [4.78, 5) is 14.9. The topological polar surface area (TPSA) is 38.3 Å². The summed E-state index contributed by atoms with van der Waals surface area (Å²) in [6, 6.07) is 31.8. The minimum Gasteiger partial charge on any atom is -0.481 e. The lowest BCUT2D eigenvalue weighted by Crippen LogP contribution is -2.30. The van der Waals surface area contributed by atoms with Crippen molar-refractivity contribution in [1.29, 1.82) is 0 Å². The van der Waals surface area contributed by atoms with Gasteiger partial charge in [-0.05, 0) is 54.1 Å². The molecule has 4 aromatic rings. The number of rotatable bonds is 6. The van der Waals surface area contributed by atoms with Crippen LogP contribution < -0.4 is 10.1 Å². The fraction of sp³-hybridized carbons (Fsp3) is 0.0800. The van der Waals surface area contributed by atoms with Gasteiger partial charge in [0.15, 0.2) is 6.10 Å². The number of para-hydroxylation sites is 1. The van der Waals surface area contributed by atoms with Crippen molar-refractivity contribution in [2.24, 2.45) is 0 Å². The highest BCUT2D eigenvalue weighted by molar-refractivity contribution is 7.99. The molecule has 0 spiro atoms. The second-order valence-electron chi connectivity index (χ2n) is 6.67. The van der Waals surface area contributed by atoms with Crippen molar-refractivity contribution < 1.29 is 9.53 Å². The summed E-state index contributed by atoms with van der Waals surface area (Å²) in [6.45, 7) is 1.76. The molecule has 4 heteroatoms. The molecular formula is C25H21NO2S. The van der Waals surface area contributed by atoms with Crippen molar-refractivity contribution in [2.75, 3.05) is 5.32 Å². The summed E-state index contributed by atoms with van der Waals surface area (Å²) in [5.41, 5.74) is 0.778. The Morgan fingerprint density at radius 2 is 1.52 bits per heavy atom. The average molecular weight is 400 g/mol. The van der Waals surface area contributed by atoms with Gasteiger partial charge in [0.2, 0.25) is 0 Å². The number of amides is 1. The van der Waals surface area contributed by atoms with Crippen LogP contribution in [-0.4, -0.2) is 12.0 Å². The third-order valence-electron chi connectivity index (χ3n) is 4.52. The molecule has 144 valence electrons. The van der Waals surface area contributed by atoms with Gasteiger partial charge in [0.05, 0.1) is 5.69 Å². The van der Waals surface area contributed by atoms with Crippen LogP contribution in [0.2, 0.25) is 0 Å². The molecule has 3 nitrogen and oxygen atoms in total. The molecule has 29 heavy (non-hydrogen) atoms. The molecule has 0 bridgehead atoms. The maximum Gasteiger partial charge on any atom is 0.265 e. The van der Waals surface area contributed by atoms with Gasteiger partial charge in [0.1, 0.15) is 5.75 Å². The highest BCUT2D eigenvalue weighted by Gasteiger charge is 2.17. The van der Waals surface area contributed by atoms with E-state index in [1.165, 1.54) is 0 Å². The van der Waals surface area contributed by atoms with Crippen LogP contribution in [0.1, 0.15) is 6.92 Å². The van der Waals surface area contributed by atoms with E-state index in [1.807, 2.05) is 78.9 Å². The van der Waals surface area contributed by atoms with Crippen molar-refractivity contribution >= 4 is 34.1 Å². The molecule has 0 fully saturated rings. The number of carbonyl (C=O) groups excluding carboxylic acids is 1. The standard InChI is InChI=1S/C25H21NO2S/c1-18(28-21-16-15-19-9-5-6-10-20(19)17-21)25(27)26-23-13-7-8-14-24(23)29-22-11-3-2-4-12-22/h2-18H,1H3,(H,26,27)/t18-/m1/s1. The highest BCUT2D eigenvalue weighted by atomic mass is 32.2. The van der Waals surface area contributed by atoms with E-state index in [1.54, 1.807) is 18.7 Å². The van der Waals surface area contributed by atoms with E-state index in [4.69, 9.17) is 4.74 Å². The first-order valence-electron chi connectivity index (χ1n) is 9.47. The summed E-state index contributed by atoms with van der Waals surface area (Å²) in [5.74, 6) is 0.498. The predicted octanol–water partition coefficient (Wildman–Crippen LogP) is 6.40. The second kappa shape index (κ2) is 8.84. The Morgan fingerprint density at radius 3 is 2.34 bits per heavy atom. The van der Waals surface area contributed by atoms with Gasteiger partial charge in [0.25, 0.3) is 5.91 Å². The molecule has 0 saturated carbocycles. The van der Waals surface area contributed by atoms with Gasteiger partial charge in [-0.1, -0.05) is 72.4 Å². The maximum absolute atomic E-state index is 12.7. The lowest BCUT2D eigenvalue weighted by Gasteiger charge is -2.17. The summed E-state index contributed by atoms with van der Waals surface area (Å²) in [5, 5.41) is 5.23. The largest absolute Gasteiger partial charge is 0.481 e. The molecule has 1 N–H and O–H groups in total. The van der Waals surface area contributed by atoms with E-state index in [-0.39, 0.29) is 5.91 Å². The molecule has 1 atom stereocenters. The Kier molecular flexibility index (Phi) is 5.82. The van der Waals surface area contributed by atoms with Crippen LogP contribution >= 0.6 is 11.8 Å². The Balaban J connectivity index is 1.46. The van der Waals surface area contributed by atoms with Gasteiger partial charge in [-0.15, -0.1) is 0 Å². The summed E-state index contributed by atoms with van der Waals surface area (Å²) in [6.07, 6.45) is -0.619. The lowest BCUT2D eigenvalue weighted by atomic mass is 10.1. The SMILES string of the molecule is C[C@@H](Oc1ccc2ccccc2c1)C(=O)Nc1ccccc1Sc1ccccc1. The zero-order valence-electron chi connectivity index (χ0n) is 16.0. The third-order valence-corrected chi connectivity index (χ3v) is 5.60. The Labute approximate surface area is 174 Å². The van der Waals surface area contributed by atoms with Crippen LogP contribution in [0.15, 0.2) is 107 Å². The van der Waals surface area contributed by atoms with E-state index in [0.29, 0.717) is 5.75 Å². The normalized spacial score (nSPS) is 11.8. The van der Waals surface area contributed by atoms with Crippen molar-refractivity contribution in [3.05, 3.63) is 97.1 Å². The molecule has 0 heterocycles. The van der Waals surface area contributed by atoms with Gasteiger partial charge < -0.3 is 10.1 Å². The van der Waals surface area contributed by atoms with Crippen LogP contribution in [0.5, 0.6) is 5.75 Å². The number of nitrogens with one attached hydrogen (secondary N) is 1. The second-order valence-corrected chi connectivity index (χ2v) is 7.78. The number of fused-ring (bicyclic) bond motifs is 1. The van der Waals surface area contributed by atoms with E-state index >= 15 is 0 Å². The fourth-order valence-corrected chi connectivity index (χ4v) is 3.93. The number of anilines is 1. The van der Waals surface area contributed by atoms with E-state index in [2.05, 4.69) is 23.5 Å². The first-order valence-corrected chi connectivity index (χ1v) is 10.3. The fourth-order valence-electron chi connectivity index (χ4n) is 3.01. The summed E-state index contributed by atoms with van der Waals surface area (Å²) >= 11 is 1.62. The zero-order chi connectivity index (χ0) is 20.1. The average Bonchev–Trinajstić information content (AvgIpc) is 2.75. The molecule has 0 aliphatic rings. The molecule has 0 aromatic heterocycles. The van der Waals surface area contributed by atoms with Gasteiger partial charge in [0, 0.05) is 9.79 Å². The van der Waals surface area contributed by atoms with E-state index in [0.717, 1.165) is 26.3 Å². The minimum atomic E-state index is -0.619. The lowest BCUT2D eigenvalue weighted by molar-refractivity contribution is -0.122. The molecule has 0 saturated heterocycles. The minimum absolute atomic E-state index is 0.181. The Hall–Kier alpha value is -3.24. The van der Waals surface area contributed by atoms with Crippen molar-refractivity contribution in [3.63, 3.8) is 0 Å². The van der Waals surface area contributed by atoms with Crippen molar-refractivity contribution in [3.8, 4) is 5.75 Å². The smallest absolute Gasteiger partial charge is 0.265 e. The summed E-state index contributed by atoms with van der Waals surface area (Å²) in [7, 11) is 0. The first kappa shape index (κ1) is 19.1. The van der Waals surface area contributed by atoms with Crippen LogP contribution in [0.3, 0.4) is 0 Å². The van der Waals surface area contributed by atoms with Crippen LogP contribution in [0, 0.1) is 0 Å². The number of hydrogen-bond acceptors (Lipinski definition) is 3. The monoisotopic (exact) mass is 399 g/mol. The third kappa shape index (κ3) is 4.79. The number of carbonyl (C=O) groups is 1. The molecule has 0 unspecified atom stereocenters. The molecule has 4 rings (SSSR count). The summed E-state index contributed by atoms with van der Waals surface area (Å²) < 4.78 is 5.90. The molecule has 0 aliphatic carbocycles. The van der Waals surface area contributed by atoms with Crippen LogP contribution in [0.4, 0.5) is 5.69 Å². The molecule has 0 aliphatic heterocycles. The van der Waals surface area contributed by atoms with E-state index in [9.17, 15) is 4.79 Å². The zero-order valence-corrected chi connectivity index (χ0v) is 16.9.